The van der Waals surface area contributed by atoms with Crippen molar-refractivity contribution < 1.29 is 31.9 Å². The van der Waals surface area contributed by atoms with Gasteiger partial charge < -0.3 is 20.3 Å². The lowest BCUT2D eigenvalue weighted by Crippen LogP contribution is -2.48. The molecule has 31 heavy (non-hydrogen) atoms. The van der Waals surface area contributed by atoms with Gasteiger partial charge in [-0.05, 0) is 18.9 Å². The molecule has 2 fully saturated rings. The minimum Gasteiger partial charge on any atom is -0.443 e. The maximum atomic E-state index is 14.7. The molecular weight excluding hydrogens is 440 g/mol. The third kappa shape index (κ3) is 4.53. The average molecular weight is 460 g/mol. The zero-order valence-corrected chi connectivity index (χ0v) is 17.3. The van der Waals surface area contributed by atoms with Gasteiger partial charge >= 0.3 is 12.3 Å². The first-order valence-electron chi connectivity index (χ1n) is 9.75. The summed E-state index contributed by atoms with van der Waals surface area (Å²) in [7, 11) is 1.37. The van der Waals surface area contributed by atoms with Crippen LogP contribution < -0.4 is 15.5 Å². The number of piperidine rings is 1. The van der Waals surface area contributed by atoms with E-state index in [1.54, 1.807) is 0 Å². The number of aromatic nitrogens is 1. The van der Waals surface area contributed by atoms with Crippen LogP contribution in [0.5, 0.6) is 0 Å². The number of thiophene rings is 1. The smallest absolute Gasteiger partial charge is 0.417 e. The van der Waals surface area contributed by atoms with Crippen molar-refractivity contribution in [1.29, 1.82) is 0 Å². The number of carbonyl (C=O) groups excluding carboxylic acids is 2. The van der Waals surface area contributed by atoms with Crippen molar-refractivity contribution >= 4 is 39.4 Å². The Bertz CT molecular complexity index is 1010. The summed E-state index contributed by atoms with van der Waals surface area (Å²) in [4.78, 5) is 29.5. The number of carbonyl (C=O) groups is 2. The summed E-state index contributed by atoms with van der Waals surface area (Å²) >= 11 is 0.784. The highest BCUT2D eigenvalue weighted by atomic mass is 32.1. The van der Waals surface area contributed by atoms with Gasteiger partial charge in [0.1, 0.15) is 11.9 Å². The topological polar surface area (TPSA) is 83.6 Å². The first-order chi connectivity index (χ1) is 14.7. The SMILES string of the molecule is CNC(=O)c1csc2c(C(F)(F)F)cc(N3CC[C@@H](OC(=O)NC4CC4)[C@H](F)C3)nc12. The Labute approximate surface area is 178 Å². The monoisotopic (exact) mass is 460 g/mol. The molecule has 0 spiro atoms. The summed E-state index contributed by atoms with van der Waals surface area (Å²) in [6, 6.07) is 0.947. The number of pyridine rings is 1. The molecule has 7 nitrogen and oxygen atoms in total. The molecule has 1 aliphatic heterocycles. The predicted octanol–water partition coefficient (Wildman–Crippen LogP) is 3.48. The number of alkyl carbamates (subject to hydrolysis) is 1. The first-order valence-corrected chi connectivity index (χ1v) is 10.6. The normalized spacial score (nSPS) is 21.8. The average Bonchev–Trinajstić information content (AvgIpc) is 3.42. The van der Waals surface area contributed by atoms with Gasteiger partial charge in [0.05, 0.1) is 27.9 Å². The molecule has 2 N–H and O–H groups in total. The summed E-state index contributed by atoms with van der Waals surface area (Å²) in [6.07, 6.45) is -6.10. The number of nitrogens with zero attached hydrogens (tertiary/aromatic N) is 2. The molecule has 2 aromatic heterocycles. The van der Waals surface area contributed by atoms with E-state index < -0.39 is 36.0 Å². The highest BCUT2D eigenvalue weighted by Crippen LogP contribution is 2.40. The number of fused-ring (bicyclic) bond motifs is 1. The summed E-state index contributed by atoms with van der Waals surface area (Å²) < 4.78 is 60.7. The summed E-state index contributed by atoms with van der Waals surface area (Å²) in [5.74, 6) is -0.631. The van der Waals surface area contributed by atoms with Gasteiger partial charge in [-0.3, -0.25) is 4.79 Å². The van der Waals surface area contributed by atoms with Gasteiger partial charge in [0.25, 0.3) is 5.91 Å². The molecule has 1 saturated carbocycles. The lowest BCUT2D eigenvalue weighted by molar-refractivity contribution is -0.136. The Hall–Kier alpha value is -2.63. The number of halogens is 4. The first kappa shape index (κ1) is 21.6. The van der Waals surface area contributed by atoms with Crippen molar-refractivity contribution in [3.63, 3.8) is 0 Å². The van der Waals surface area contributed by atoms with Crippen LogP contribution in [-0.4, -0.2) is 55.4 Å². The van der Waals surface area contributed by atoms with Crippen LogP contribution in [0.2, 0.25) is 0 Å². The molecule has 1 aliphatic carbocycles. The summed E-state index contributed by atoms with van der Waals surface area (Å²) in [6.45, 7) is -0.131. The zero-order valence-electron chi connectivity index (χ0n) is 16.5. The van der Waals surface area contributed by atoms with Crippen LogP contribution in [-0.2, 0) is 10.9 Å². The van der Waals surface area contributed by atoms with Gasteiger partial charge in [-0.25, -0.2) is 14.2 Å². The number of amides is 2. The maximum Gasteiger partial charge on any atom is 0.417 e. The van der Waals surface area contributed by atoms with Crippen LogP contribution in [0, 0.1) is 0 Å². The Morgan fingerprint density at radius 3 is 2.65 bits per heavy atom. The number of hydrogen-bond donors (Lipinski definition) is 2. The van der Waals surface area contributed by atoms with Gasteiger partial charge in [-0.2, -0.15) is 13.2 Å². The van der Waals surface area contributed by atoms with Crippen LogP contribution in [0.25, 0.3) is 10.2 Å². The van der Waals surface area contributed by atoms with Gasteiger partial charge in [-0.1, -0.05) is 0 Å². The van der Waals surface area contributed by atoms with E-state index in [1.165, 1.54) is 17.3 Å². The molecular formula is C19H20F4N4O3S. The van der Waals surface area contributed by atoms with E-state index in [1.807, 2.05) is 0 Å². The Morgan fingerprint density at radius 1 is 1.29 bits per heavy atom. The Kier molecular flexibility index (Phi) is 5.67. The summed E-state index contributed by atoms with van der Waals surface area (Å²) in [5, 5.41) is 6.32. The van der Waals surface area contributed by atoms with Crippen molar-refractivity contribution in [3.05, 3.63) is 22.6 Å². The van der Waals surface area contributed by atoms with Crippen LogP contribution in [0.4, 0.5) is 28.2 Å². The van der Waals surface area contributed by atoms with E-state index in [2.05, 4.69) is 15.6 Å². The predicted molar refractivity (Wildman–Crippen MR) is 106 cm³/mol. The van der Waals surface area contributed by atoms with Crippen molar-refractivity contribution in [3.8, 4) is 0 Å². The molecule has 2 atom stereocenters. The molecule has 2 aliphatic rings. The second-order valence-corrected chi connectivity index (χ2v) is 8.42. The maximum absolute atomic E-state index is 14.7. The molecule has 1 saturated heterocycles. The van der Waals surface area contributed by atoms with Crippen LogP contribution in [0.3, 0.4) is 0 Å². The molecule has 0 radical (unpaired) electrons. The van der Waals surface area contributed by atoms with Crippen molar-refractivity contribution in [2.75, 3.05) is 25.0 Å². The molecule has 2 amide bonds. The number of alkyl halides is 4. The molecule has 12 heteroatoms. The van der Waals surface area contributed by atoms with Gasteiger partial charge in [0, 0.05) is 31.4 Å². The van der Waals surface area contributed by atoms with Crippen LogP contribution in [0.15, 0.2) is 11.4 Å². The van der Waals surface area contributed by atoms with E-state index in [0.29, 0.717) is 0 Å². The molecule has 168 valence electrons. The largest absolute Gasteiger partial charge is 0.443 e. The fraction of sp³-hybridized carbons (Fsp3) is 0.526. The molecule has 3 heterocycles. The molecule has 4 rings (SSSR count). The number of ether oxygens (including phenoxy) is 1. The van der Waals surface area contributed by atoms with Gasteiger partial charge in [0.15, 0.2) is 6.17 Å². The minimum atomic E-state index is -4.67. The van der Waals surface area contributed by atoms with E-state index >= 15 is 0 Å². The van der Waals surface area contributed by atoms with Gasteiger partial charge in [0.2, 0.25) is 0 Å². The minimum absolute atomic E-state index is 0.0293. The third-order valence-electron chi connectivity index (χ3n) is 5.25. The number of anilines is 1. The fourth-order valence-corrected chi connectivity index (χ4v) is 4.48. The highest BCUT2D eigenvalue weighted by molar-refractivity contribution is 7.17. The number of rotatable bonds is 4. The van der Waals surface area contributed by atoms with Crippen molar-refractivity contribution in [1.82, 2.24) is 15.6 Å². The van der Waals surface area contributed by atoms with E-state index in [4.69, 9.17) is 4.74 Å². The Balaban J connectivity index is 1.58. The summed E-state index contributed by atoms with van der Waals surface area (Å²) in [5.41, 5.74) is -0.973. The molecule has 0 bridgehead atoms. The standard InChI is InChI=1S/C19H20F4N4O3S/c1-24-17(28)10-8-31-16-11(19(21,22)23)6-14(26-15(10)16)27-5-4-13(12(20)7-27)30-18(29)25-9-2-3-9/h6,8-9,12-13H,2-5,7H2,1H3,(H,24,28)(H,25,29)/t12-,13-/m1/s1. The molecule has 0 unspecified atom stereocenters. The highest BCUT2D eigenvalue weighted by Gasteiger charge is 2.38. The van der Waals surface area contributed by atoms with Gasteiger partial charge in [-0.15, -0.1) is 11.3 Å². The number of nitrogens with one attached hydrogen (secondary N) is 2. The Morgan fingerprint density at radius 2 is 2.03 bits per heavy atom. The molecule has 2 aromatic rings. The van der Waals surface area contributed by atoms with Crippen LogP contribution in [0.1, 0.15) is 35.2 Å². The van der Waals surface area contributed by atoms with E-state index in [9.17, 15) is 27.2 Å². The van der Waals surface area contributed by atoms with E-state index in [-0.39, 0.29) is 47.2 Å². The second-order valence-electron chi connectivity index (χ2n) is 7.55. The second kappa shape index (κ2) is 8.13. The van der Waals surface area contributed by atoms with Crippen molar-refractivity contribution in [2.24, 2.45) is 0 Å². The fourth-order valence-electron chi connectivity index (χ4n) is 3.45. The van der Waals surface area contributed by atoms with Crippen molar-refractivity contribution in [2.45, 2.75) is 43.8 Å². The lowest BCUT2D eigenvalue weighted by Gasteiger charge is -2.35. The molecule has 0 aromatic carbocycles. The van der Waals surface area contributed by atoms with E-state index in [0.717, 1.165) is 30.2 Å². The van der Waals surface area contributed by atoms with Crippen LogP contribution >= 0.6 is 11.3 Å². The lowest BCUT2D eigenvalue weighted by atomic mass is 10.1. The zero-order chi connectivity index (χ0) is 22.3. The third-order valence-corrected chi connectivity index (χ3v) is 6.25. The number of hydrogen-bond acceptors (Lipinski definition) is 6. The quantitative estimate of drug-likeness (QED) is 0.683.